The van der Waals surface area contributed by atoms with Gasteiger partial charge in [-0.2, -0.15) is 0 Å². The number of hydrogen-bond acceptors (Lipinski definition) is 24. The summed E-state index contributed by atoms with van der Waals surface area (Å²) in [6.07, 6.45) is 11.1. The zero-order valence-electron chi connectivity index (χ0n) is 70.5. The lowest BCUT2D eigenvalue weighted by atomic mass is 9.80. The van der Waals surface area contributed by atoms with Crippen molar-refractivity contribution in [3.8, 4) is 46.0 Å². The van der Waals surface area contributed by atoms with Crippen LogP contribution in [0.3, 0.4) is 0 Å². The first-order chi connectivity index (χ1) is 58.4. The average Bonchev–Trinajstić information content (AvgIpc) is 1.60. The molecule has 3 N–H and O–H groups in total. The molecular formula is C90H108B3N11O17. The van der Waals surface area contributed by atoms with Crippen LogP contribution in [0, 0.1) is 0 Å². The number of fused-ring (bicyclic) bond motifs is 8. The number of piperidine rings is 1. The van der Waals surface area contributed by atoms with Crippen LogP contribution in [0.25, 0.3) is 0 Å². The van der Waals surface area contributed by atoms with Gasteiger partial charge in [0.25, 0.3) is 23.6 Å². The lowest BCUT2D eigenvalue weighted by molar-refractivity contribution is -0.194. The molecule has 6 aromatic carbocycles. The van der Waals surface area contributed by atoms with Crippen molar-refractivity contribution in [3.05, 3.63) is 178 Å². The van der Waals surface area contributed by atoms with Crippen LogP contribution >= 0.6 is 0 Å². The topological polar surface area (TPSA) is 275 Å². The van der Waals surface area contributed by atoms with Crippen molar-refractivity contribution in [2.24, 2.45) is 9.98 Å². The fourth-order valence-electron chi connectivity index (χ4n) is 18.9. The van der Waals surface area contributed by atoms with Gasteiger partial charge in [-0.05, 0) is 175 Å². The number of nitrogens with zero attached hydrogens (tertiary/aromatic N) is 11. The van der Waals surface area contributed by atoms with Gasteiger partial charge in [-0.25, -0.2) is 0 Å². The molecule has 17 rings (SSSR count). The summed E-state index contributed by atoms with van der Waals surface area (Å²) in [5.74, 6) is 2.93. The van der Waals surface area contributed by atoms with Gasteiger partial charge < -0.3 is 106 Å². The fourth-order valence-corrected chi connectivity index (χ4v) is 18.9. The SMILES string of the molecule is C=C1C[C@H]2C=Nc3cc(OCc4cc(COc5cc6c(cc5OC)C(=O)N5CC(=C)C[C@H]5C=N6)cc(N5CCCCC5)c4)c(OC)cc3C(=O)N2C1.C=C1C[C@H]2[C@H](C)N(B(C)O)c3cc(OCc4cc(COc5cc6c(cc5OC)C(=O)N5CC(=C)C[C@H]5[C@H](OC5CCCCO5)N6B(C)O)cc(N5CCN(B(C)O)CC5)c4)c(OC)cc3C(=O)N2C1. The number of ether oxygens (including phenoxy) is 10. The summed E-state index contributed by atoms with van der Waals surface area (Å²) in [7, 11) is 3.72. The molecule has 7 atom stereocenters. The minimum absolute atomic E-state index is 0.0870. The second-order valence-electron chi connectivity index (χ2n) is 33.5. The summed E-state index contributed by atoms with van der Waals surface area (Å²) in [6, 6.07) is 25.6. The third kappa shape index (κ3) is 17.3. The van der Waals surface area contributed by atoms with Crippen molar-refractivity contribution >= 4 is 91.3 Å². The summed E-state index contributed by atoms with van der Waals surface area (Å²) in [4.78, 5) is 82.4. The lowest BCUT2D eigenvalue weighted by Gasteiger charge is -2.40. The maximum absolute atomic E-state index is 14.4. The smallest absolute Gasteiger partial charge is 0.411 e. The normalized spacial score (nSPS) is 22.4. The molecule has 11 aliphatic rings. The highest BCUT2D eigenvalue weighted by Gasteiger charge is 2.49. The predicted octanol–water partition coefficient (Wildman–Crippen LogP) is 11.6. The monoisotopic (exact) mass is 1650 g/mol. The molecule has 0 aliphatic carbocycles. The molecule has 0 aromatic heterocycles. The lowest BCUT2D eigenvalue weighted by Crippen LogP contribution is -2.56. The standard InChI is InChI=1S/C49H65B3N6O11.C41H43N5O6/c1-30-17-38-32(3)57(51(5)62)39-24-44(42(64-7)22-36(39)47(59)55(38)26-30)67-28-33-19-34(21-35(20-33)53-12-14-54(15-13-53)50(4)61)29-68-45-25-40-37(23-43(45)65-8)48(60)56-27-31(2)18-41(56)49(58(40)52(6)63)69-46-11-9-10-16-66-46;1-25-10-30-19-42-34-17-38(36(49-3)15-32(34)40(47)45(30)21-25)51-23-27-12-28(14-29(13-27)44-8-6-5-7-9-44)24-52-39-18-35-33(16-37(39)50-4)41(48)46-22-26(2)11-31(46)20-43-35/h19-25,32,38,41,46,49,61-63H,1-2,9-18,26-29H2,3-8H3;12-20,30-31H,1-2,5-11,21-24H2,3-4H3/t32-,38-,41-,46?,49-;30-,31-/m00/s1. The molecule has 31 heteroatoms. The molecule has 6 aromatic rings. The van der Waals surface area contributed by atoms with E-state index in [1.807, 2.05) is 49.7 Å². The Labute approximate surface area is 708 Å². The number of carbonyl (C=O) groups excluding carboxylic acids is 4. The van der Waals surface area contributed by atoms with Crippen molar-refractivity contribution in [2.75, 3.05) is 120 Å². The van der Waals surface area contributed by atoms with Crippen molar-refractivity contribution in [3.63, 3.8) is 0 Å². The van der Waals surface area contributed by atoms with Gasteiger partial charge in [0.05, 0.1) is 86.2 Å². The van der Waals surface area contributed by atoms with Gasteiger partial charge in [0.1, 0.15) is 32.7 Å². The van der Waals surface area contributed by atoms with E-state index >= 15 is 0 Å². The highest BCUT2D eigenvalue weighted by molar-refractivity contribution is 6.55. The molecule has 28 nitrogen and oxygen atoms in total. The van der Waals surface area contributed by atoms with E-state index in [0.29, 0.717) is 182 Å². The van der Waals surface area contributed by atoms with E-state index in [1.54, 1.807) is 100 Å². The van der Waals surface area contributed by atoms with Gasteiger partial charge in [-0.1, -0.05) is 48.6 Å². The van der Waals surface area contributed by atoms with E-state index < -0.39 is 39.7 Å². The molecule has 7 saturated heterocycles. The maximum atomic E-state index is 14.4. The number of anilines is 4. The zero-order chi connectivity index (χ0) is 84.8. The van der Waals surface area contributed by atoms with Gasteiger partial charge in [0.15, 0.2) is 52.3 Å². The van der Waals surface area contributed by atoms with Crippen LogP contribution < -0.4 is 57.3 Å². The van der Waals surface area contributed by atoms with E-state index in [2.05, 4.69) is 76.4 Å². The molecule has 634 valence electrons. The first-order valence-electron chi connectivity index (χ1n) is 42.2. The molecule has 0 radical (unpaired) electrons. The minimum atomic E-state index is -1.05. The Hall–Kier alpha value is -10.9. The third-order valence-electron chi connectivity index (χ3n) is 25.0. The maximum Gasteiger partial charge on any atom is 0.411 e. The fraction of sp³-hybridized carbons (Fsp3) is 0.444. The Balaban J connectivity index is 0.000000187. The van der Waals surface area contributed by atoms with Crippen LogP contribution in [0.1, 0.15) is 135 Å². The first kappa shape index (κ1) is 83.7. The summed E-state index contributed by atoms with van der Waals surface area (Å²) >= 11 is 0. The van der Waals surface area contributed by atoms with Gasteiger partial charge in [0, 0.05) is 138 Å². The molecule has 121 heavy (non-hydrogen) atoms. The second kappa shape index (κ2) is 35.6. The van der Waals surface area contributed by atoms with E-state index in [4.69, 9.17) is 47.4 Å². The molecule has 11 heterocycles. The second-order valence-corrected chi connectivity index (χ2v) is 33.5. The number of benzene rings is 6. The highest BCUT2D eigenvalue weighted by atomic mass is 16.7. The van der Waals surface area contributed by atoms with E-state index in [0.717, 1.165) is 94.7 Å². The minimum Gasteiger partial charge on any atom is -0.493 e. The highest BCUT2D eigenvalue weighted by Crippen LogP contribution is 2.48. The Kier molecular flexibility index (Phi) is 24.6. The quantitative estimate of drug-likeness (QED) is 0.0397. The Bertz CT molecular complexity index is 4970. The van der Waals surface area contributed by atoms with Crippen LogP contribution in [0.4, 0.5) is 34.1 Å². The number of rotatable bonds is 23. The van der Waals surface area contributed by atoms with Crippen LogP contribution in [0.2, 0.25) is 20.5 Å². The number of carbonyl (C=O) groups is 4. The molecule has 7 fully saturated rings. The number of amides is 4. The van der Waals surface area contributed by atoms with Gasteiger partial charge >= 0.3 is 21.2 Å². The predicted molar refractivity (Wildman–Crippen MR) is 467 cm³/mol. The molecule has 0 spiro atoms. The number of hydrogen-bond donors (Lipinski definition) is 3. The molecule has 0 bridgehead atoms. The molecular weight excluding hydrogens is 1540 g/mol. The van der Waals surface area contributed by atoms with E-state index in [9.17, 15) is 34.3 Å². The molecule has 0 saturated carbocycles. The van der Waals surface area contributed by atoms with Crippen LogP contribution in [0.15, 0.2) is 144 Å². The van der Waals surface area contributed by atoms with Gasteiger partial charge in [-0.3, -0.25) is 29.2 Å². The number of methoxy groups -OCH3 is 4. The summed E-state index contributed by atoms with van der Waals surface area (Å²) in [5, 5.41) is 33.0. The third-order valence-corrected chi connectivity index (χ3v) is 25.0. The number of piperazine rings is 1. The van der Waals surface area contributed by atoms with Crippen molar-refractivity contribution in [1.29, 1.82) is 0 Å². The van der Waals surface area contributed by atoms with Gasteiger partial charge in [0.2, 0.25) is 0 Å². The Morgan fingerprint density at radius 2 is 0.826 bits per heavy atom. The van der Waals surface area contributed by atoms with Crippen molar-refractivity contribution in [2.45, 2.75) is 161 Å². The van der Waals surface area contributed by atoms with Crippen LogP contribution in [-0.2, 0) is 35.9 Å². The Morgan fingerprint density at radius 1 is 0.430 bits per heavy atom. The number of aliphatic imine (C=N–C) groups is 2. The van der Waals surface area contributed by atoms with Crippen molar-refractivity contribution < 1.29 is 81.6 Å². The molecule has 4 amide bonds. The Morgan fingerprint density at radius 3 is 1.26 bits per heavy atom. The zero-order valence-corrected chi connectivity index (χ0v) is 70.5. The summed E-state index contributed by atoms with van der Waals surface area (Å²) in [5.41, 5.74) is 13.4. The van der Waals surface area contributed by atoms with Crippen molar-refractivity contribution in [1.82, 2.24) is 24.4 Å². The average molecular weight is 1650 g/mol. The largest absolute Gasteiger partial charge is 0.493 e. The molecule has 11 aliphatic heterocycles. The summed E-state index contributed by atoms with van der Waals surface area (Å²) < 4.78 is 62.0. The van der Waals surface area contributed by atoms with Gasteiger partial charge in [-0.15, -0.1) is 0 Å². The van der Waals surface area contributed by atoms with Crippen LogP contribution in [0.5, 0.6) is 46.0 Å². The summed E-state index contributed by atoms with van der Waals surface area (Å²) in [6.45, 7) is 31.6. The van der Waals surface area contributed by atoms with E-state index in [1.165, 1.54) is 13.5 Å². The van der Waals surface area contributed by atoms with Crippen LogP contribution in [-0.4, -0.2) is 240 Å². The first-order valence-corrected chi connectivity index (χ1v) is 42.2. The molecule has 1 unspecified atom stereocenters. The van der Waals surface area contributed by atoms with E-state index in [-0.39, 0.29) is 74.2 Å².